The molecule has 1 fully saturated rings. The van der Waals surface area contributed by atoms with E-state index >= 15 is 0 Å². The fourth-order valence-electron chi connectivity index (χ4n) is 2.65. The van der Waals surface area contributed by atoms with Gasteiger partial charge in [0.1, 0.15) is 5.82 Å². The number of halogens is 1. The van der Waals surface area contributed by atoms with E-state index in [0.29, 0.717) is 11.9 Å². The van der Waals surface area contributed by atoms with Crippen molar-refractivity contribution in [3.8, 4) is 0 Å². The number of benzene rings is 1. The summed E-state index contributed by atoms with van der Waals surface area (Å²) in [6, 6.07) is 5.26. The van der Waals surface area contributed by atoms with E-state index in [0.717, 1.165) is 23.5 Å². The number of fused-ring (bicyclic) bond motifs is 1. The molecule has 1 aliphatic carbocycles. The van der Waals surface area contributed by atoms with Crippen LogP contribution in [0.3, 0.4) is 0 Å². The minimum Gasteiger partial charge on any atom is -0.347 e. The van der Waals surface area contributed by atoms with Crippen LogP contribution in [0.15, 0.2) is 24.4 Å². The molecule has 2 aromatic rings. The first kappa shape index (κ1) is 10.8. The monoisotopic (exact) mass is 232 g/mol. The summed E-state index contributed by atoms with van der Waals surface area (Å²) in [4.78, 5) is 0. The van der Waals surface area contributed by atoms with E-state index < -0.39 is 0 Å². The number of aromatic nitrogens is 1. The third kappa shape index (κ3) is 1.75. The fourth-order valence-corrected chi connectivity index (χ4v) is 2.65. The molecule has 2 N–H and O–H groups in total. The molecule has 0 amide bonds. The van der Waals surface area contributed by atoms with E-state index in [-0.39, 0.29) is 5.82 Å². The van der Waals surface area contributed by atoms with Crippen molar-refractivity contribution in [2.45, 2.75) is 32.4 Å². The molecule has 3 rings (SSSR count). The maximum absolute atomic E-state index is 13.8. The Kier molecular flexibility index (Phi) is 2.63. The summed E-state index contributed by atoms with van der Waals surface area (Å²) in [5, 5.41) is 0.703. The summed E-state index contributed by atoms with van der Waals surface area (Å²) in [5.74, 6) is 0.606. The number of hydrogen-bond donors (Lipinski definition) is 1. The average Bonchev–Trinajstić information content (AvgIpc) is 2.63. The van der Waals surface area contributed by atoms with Gasteiger partial charge in [-0.05, 0) is 36.5 Å². The second kappa shape index (κ2) is 4.15. The summed E-state index contributed by atoms with van der Waals surface area (Å²) >= 11 is 0. The molecule has 17 heavy (non-hydrogen) atoms. The summed E-state index contributed by atoms with van der Waals surface area (Å²) in [6.07, 6.45) is 5.95. The first-order valence-corrected chi connectivity index (χ1v) is 6.26. The van der Waals surface area contributed by atoms with Crippen molar-refractivity contribution in [3.63, 3.8) is 0 Å². The lowest BCUT2D eigenvalue weighted by Gasteiger charge is -2.26. The smallest absolute Gasteiger partial charge is 0.132 e. The normalized spacial score (nSPS) is 16.4. The number of rotatable bonds is 3. The van der Waals surface area contributed by atoms with Gasteiger partial charge in [0.2, 0.25) is 0 Å². The minimum absolute atomic E-state index is 0.157. The summed E-state index contributed by atoms with van der Waals surface area (Å²) < 4.78 is 16.0. The Morgan fingerprint density at radius 1 is 1.35 bits per heavy atom. The van der Waals surface area contributed by atoms with Gasteiger partial charge in [0.15, 0.2) is 0 Å². The minimum atomic E-state index is -0.157. The maximum atomic E-state index is 13.8. The molecule has 1 saturated carbocycles. The highest BCUT2D eigenvalue weighted by Crippen LogP contribution is 2.31. The van der Waals surface area contributed by atoms with Crippen molar-refractivity contribution >= 4 is 10.9 Å². The van der Waals surface area contributed by atoms with Crippen molar-refractivity contribution in [1.29, 1.82) is 0 Å². The van der Waals surface area contributed by atoms with Gasteiger partial charge in [-0.15, -0.1) is 0 Å². The van der Waals surface area contributed by atoms with Gasteiger partial charge in [-0.1, -0.05) is 12.5 Å². The molecule has 0 radical (unpaired) electrons. The number of hydrogen-bond acceptors (Lipinski definition) is 1. The van der Waals surface area contributed by atoms with Crippen LogP contribution in [-0.4, -0.2) is 4.57 Å². The largest absolute Gasteiger partial charge is 0.347 e. The quantitative estimate of drug-likeness (QED) is 0.866. The van der Waals surface area contributed by atoms with Crippen LogP contribution in [0.2, 0.25) is 0 Å². The molecule has 90 valence electrons. The second-order valence-electron chi connectivity index (χ2n) is 4.94. The molecule has 3 heteroatoms. The zero-order chi connectivity index (χ0) is 11.8. The molecular formula is C14H17FN2. The van der Waals surface area contributed by atoms with Crippen LogP contribution < -0.4 is 5.73 Å². The van der Waals surface area contributed by atoms with Crippen LogP contribution in [0.25, 0.3) is 10.9 Å². The Morgan fingerprint density at radius 3 is 2.82 bits per heavy atom. The number of nitrogens with zero attached hydrogens (tertiary/aromatic N) is 1. The lowest BCUT2D eigenvalue weighted by atomic mass is 9.85. The predicted octanol–water partition coefficient (Wildman–Crippen LogP) is 3.04. The van der Waals surface area contributed by atoms with Crippen LogP contribution in [0.4, 0.5) is 4.39 Å². The Morgan fingerprint density at radius 2 is 2.18 bits per heavy atom. The van der Waals surface area contributed by atoms with Gasteiger partial charge < -0.3 is 10.3 Å². The zero-order valence-corrected chi connectivity index (χ0v) is 9.82. The molecule has 0 saturated heterocycles. The fraction of sp³-hybridized carbons (Fsp3) is 0.429. The van der Waals surface area contributed by atoms with Crippen molar-refractivity contribution in [2.75, 3.05) is 0 Å². The van der Waals surface area contributed by atoms with E-state index in [4.69, 9.17) is 5.73 Å². The van der Waals surface area contributed by atoms with Gasteiger partial charge in [0.05, 0.1) is 5.52 Å². The van der Waals surface area contributed by atoms with Gasteiger partial charge in [-0.25, -0.2) is 4.39 Å². The highest BCUT2D eigenvalue weighted by Gasteiger charge is 2.20. The van der Waals surface area contributed by atoms with E-state index in [1.54, 1.807) is 6.07 Å². The molecule has 2 nitrogen and oxygen atoms in total. The third-order valence-electron chi connectivity index (χ3n) is 3.83. The molecule has 0 bridgehead atoms. The maximum Gasteiger partial charge on any atom is 0.132 e. The highest BCUT2D eigenvalue weighted by molar-refractivity contribution is 5.84. The van der Waals surface area contributed by atoms with Gasteiger partial charge in [0, 0.05) is 24.7 Å². The van der Waals surface area contributed by atoms with Gasteiger partial charge in [0.25, 0.3) is 0 Å². The molecule has 0 spiro atoms. The van der Waals surface area contributed by atoms with Crippen LogP contribution in [0.1, 0.15) is 24.8 Å². The second-order valence-corrected chi connectivity index (χ2v) is 4.94. The Bertz CT molecular complexity index is 540. The van der Waals surface area contributed by atoms with Gasteiger partial charge in [-0.3, -0.25) is 0 Å². The van der Waals surface area contributed by atoms with Crippen molar-refractivity contribution in [3.05, 3.63) is 35.8 Å². The van der Waals surface area contributed by atoms with Crippen LogP contribution in [-0.2, 0) is 13.1 Å². The molecule has 1 aromatic heterocycles. The van der Waals surface area contributed by atoms with Crippen LogP contribution in [0, 0.1) is 11.7 Å². The molecular weight excluding hydrogens is 215 g/mol. The van der Waals surface area contributed by atoms with Crippen LogP contribution >= 0.6 is 0 Å². The Balaban J connectivity index is 2.08. The van der Waals surface area contributed by atoms with Gasteiger partial charge in [-0.2, -0.15) is 0 Å². The molecule has 0 aliphatic heterocycles. The number of nitrogens with two attached hydrogens (primary N) is 1. The first-order chi connectivity index (χ1) is 8.29. The van der Waals surface area contributed by atoms with Crippen molar-refractivity contribution in [2.24, 2.45) is 11.7 Å². The van der Waals surface area contributed by atoms with E-state index in [2.05, 4.69) is 4.57 Å². The molecule has 1 aliphatic rings. The van der Waals surface area contributed by atoms with E-state index in [9.17, 15) is 4.39 Å². The predicted molar refractivity (Wildman–Crippen MR) is 67.1 cm³/mol. The van der Waals surface area contributed by atoms with E-state index in [1.807, 2.05) is 12.3 Å². The highest BCUT2D eigenvalue weighted by atomic mass is 19.1. The molecule has 1 heterocycles. The Hall–Kier alpha value is -1.35. The first-order valence-electron chi connectivity index (χ1n) is 6.26. The molecule has 1 aromatic carbocycles. The molecule has 0 unspecified atom stereocenters. The molecule has 0 atom stereocenters. The third-order valence-corrected chi connectivity index (χ3v) is 3.83. The SMILES string of the molecule is NCc1cn(CC2CCC2)c2cccc(F)c12. The van der Waals surface area contributed by atoms with Crippen LogP contribution in [0.5, 0.6) is 0 Å². The lowest BCUT2D eigenvalue weighted by molar-refractivity contribution is 0.279. The summed E-state index contributed by atoms with van der Waals surface area (Å²) in [7, 11) is 0. The topological polar surface area (TPSA) is 30.9 Å². The standard InChI is InChI=1S/C14H17FN2/c15-12-5-2-6-13-14(12)11(7-16)9-17(13)8-10-3-1-4-10/h2,5-6,9-10H,1,3-4,7-8,16H2. The van der Waals surface area contributed by atoms with Crippen molar-refractivity contribution in [1.82, 2.24) is 4.57 Å². The summed E-state index contributed by atoms with van der Waals surface area (Å²) in [6.45, 7) is 1.40. The zero-order valence-electron chi connectivity index (χ0n) is 9.82. The Labute approximate surface area is 100 Å². The van der Waals surface area contributed by atoms with Crippen molar-refractivity contribution < 1.29 is 4.39 Å². The van der Waals surface area contributed by atoms with E-state index in [1.165, 1.54) is 25.3 Å². The van der Waals surface area contributed by atoms with Gasteiger partial charge >= 0.3 is 0 Å². The summed E-state index contributed by atoms with van der Waals surface area (Å²) in [5.41, 5.74) is 7.59. The average molecular weight is 232 g/mol. The lowest BCUT2D eigenvalue weighted by Crippen LogP contribution is -2.17.